The van der Waals surface area contributed by atoms with Gasteiger partial charge >= 0.3 is 0 Å². The zero-order valence-electron chi connectivity index (χ0n) is 14.1. The highest BCUT2D eigenvalue weighted by Crippen LogP contribution is 2.30. The summed E-state index contributed by atoms with van der Waals surface area (Å²) in [5, 5.41) is 4.71. The first-order valence-corrected chi connectivity index (χ1v) is 9.20. The SMILES string of the molecule is Nc1ccc(F)c(C(=O)c2nn(C3CCCCO3)c3ncc(Br)cc23)c1F. The van der Waals surface area contributed by atoms with E-state index in [0.29, 0.717) is 28.5 Å². The molecule has 2 N–H and O–H groups in total. The summed E-state index contributed by atoms with van der Waals surface area (Å²) >= 11 is 3.31. The minimum atomic E-state index is -1.10. The van der Waals surface area contributed by atoms with Crippen molar-refractivity contribution < 1.29 is 18.3 Å². The molecule has 1 aliphatic rings. The predicted molar refractivity (Wildman–Crippen MR) is 98.3 cm³/mol. The van der Waals surface area contributed by atoms with Crippen LogP contribution < -0.4 is 5.73 Å². The van der Waals surface area contributed by atoms with Crippen LogP contribution in [0.2, 0.25) is 0 Å². The molecule has 1 saturated heterocycles. The van der Waals surface area contributed by atoms with Gasteiger partial charge in [-0.3, -0.25) is 4.79 Å². The van der Waals surface area contributed by atoms with Crippen molar-refractivity contribution in [3.63, 3.8) is 0 Å². The van der Waals surface area contributed by atoms with Crippen LogP contribution in [0.25, 0.3) is 11.0 Å². The molecule has 0 saturated carbocycles. The summed E-state index contributed by atoms with van der Waals surface area (Å²) in [4.78, 5) is 17.3. The number of nitrogen functional groups attached to an aromatic ring is 1. The van der Waals surface area contributed by atoms with E-state index >= 15 is 0 Å². The van der Waals surface area contributed by atoms with Crippen molar-refractivity contribution in [2.45, 2.75) is 25.5 Å². The molecule has 0 aliphatic carbocycles. The summed E-state index contributed by atoms with van der Waals surface area (Å²) in [5.74, 6) is -2.98. The molecule has 1 aliphatic heterocycles. The van der Waals surface area contributed by atoms with Gasteiger partial charge in [0, 0.05) is 17.3 Å². The van der Waals surface area contributed by atoms with Gasteiger partial charge in [0.2, 0.25) is 5.78 Å². The van der Waals surface area contributed by atoms with Crippen LogP contribution in [0.3, 0.4) is 0 Å². The van der Waals surface area contributed by atoms with Crippen LogP contribution in [0.5, 0.6) is 0 Å². The molecule has 4 rings (SSSR count). The number of fused-ring (bicyclic) bond motifs is 1. The minimum absolute atomic E-state index is 0.101. The molecule has 3 aromatic rings. The lowest BCUT2D eigenvalue weighted by atomic mass is 10.0. The number of carbonyl (C=O) groups is 1. The summed E-state index contributed by atoms with van der Waals surface area (Å²) in [5.41, 5.74) is 4.78. The molecule has 2 aromatic heterocycles. The second kappa shape index (κ2) is 6.97. The molecule has 0 amide bonds. The zero-order valence-corrected chi connectivity index (χ0v) is 15.7. The Labute approximate surface area is 161 Å². The largest absolute Gasteiger partial charge is 0.396 e. The fraction of sp³-hybridized carbons (Fsp3) is 0.278. The lowest BCUT2D eigenvalue weighted by Crippen LogP contribution is -2.20. The van der Waals surface area contributed by atoms with Crippen LogP contribution in [0.15, 0.2) is 28.9 Å². The first kappa shape index (κ1) is 18.0. The van der Waals surface area contributed by atoms with Crippen LogP contribution >= 0.6 is 15.9 Å². The summed E-state index contributed by atoms with van der Waals surface area (Å²) in [6.07, 6.45) is 3.79. The quantitative estimate of drug-likeness (QED) is 0.495. The van der Waals surface area contributed by atoms with Gasteiger partial charge in [0.25, 0.3) is 0 Å². The average molecular weight is 437 g/mol. The Balaban J connectivity index is 1.90. The smallest absolute Gasteiger partial charge is 0.219 e. The molecular weight excluding hydrogens is 422 g/mol. The number of hydrogen-bond donors (Lipinski definition) is 1. The molecule has 1 fully saturated rings. The van der Waals surface area contributed by atoms with Crippen LogP contribution in [0, 0.1) is 11.6 Å². The van der Waals surface area contributed by atoms with Gasteiger partial charge in [-0.25, -0.2) is 18.4 Å². The third-order valence-electron chi connectivity index (χ3n) is 4.50. The van der Waals surface area contributed by atoms with Gasteiger partial charge in [0.05, 0.1) is 16.6 Å². The van der Waals surface area contributed by atoms with Crippen molar-refractivity contribution in [3.8, 4) is 0 Å². The zero-order chi connectivity index (χ0) is 19.1. The fourth-order valence-electron chi connectivity index (χ4n) is 3.18. The number of anilines is 1. The molecule has 0 radical (unpaired) electrons. The molecular formula is C18H15BrF2N4O2. The third-order valence-corrected chi connectivity index (χ3v) is 4.94. The van der Waals surface area contributed by atoms with E-state index in [1.54, 1.807) is 12.3 Å². The Kier molecular flexibility index (Phi) is 4.65. The fourth-order valence-corrected chi connectivity index (χ4v) is 3.51. The second-order valence-electron chi connectivity index (χ2n) is 6.29. The predicted octanol–water partition coefficient (Wildman–Crippen LogP) is 3.98. The number of ketones is 1. The van der Waals surface area contributed by atoms with Crippen molar-refractivity contribution in [1.82, 2.24) is 14.8 Å². The monoisotopic (exact) mass is 436 g/mol. The maximum absolute atomic E-state index is 14.4. The number of aromatic nitrogens is 3. The normalized spacial score (nSPS) is 17.4. The van der Waals surface area contributed by atoms with Gasteiger partial charge in [-0.15, -0.1) is 0 Å². The van der Waals surface area contributed by atoms with Crippen LogP contribution in [0.4, 0.5) is 14.5 Å². The third kappa shape index (κ3) is 3.10. The molecule has 9 heteroatoms. The summed E-state index contributed by atoms with van der Waals surface area (Å²) < 4.78 is 36.4. The van der Waals surface area contributed by atoms with Crippen molar-refractivity contribution in [3.05, 3.63) is 51.8 Å². The molecule has 1 aromatic carbocycles. The molecule has 1 unspecified atom stereocenters. The van der Waals surface area contributed by atoms with Gasteiger partial charge in [-0.05, 0) is 53.4 Å². The Morgan fingerprint density at radius 1 is 1.33 bits per heavy atom. The summed E-state index contributed by atoms with van der Waals surface area (Å²) in [6, 6.07) is 3.68. The van der Waals surface area contributed by atoms with Crippen molar-refractivity contribution in [2.24, 2.45) is 0 Å². The van der Waals surface area contributed by atoms with Gasteiger partial charge in [0.1, 0.15) is 11.5 Å². The van der Waals surface area contributed by atoms with E-state index in [1.807, 2.05) is 0 Å². The number of nitrogens with zero attached hydrogens (tertiary/aromatic N) is 3. The Morgan fingerprint density at radius 2 is 2.15 bits per heavy atom. The molecule has 6 nitrogen and oxygen atoms in total. The Hall–Kier alpha value is -2.39. The number of ether oxygens (including phenoxy) is 1. The Bertz CT molecular complexity index is 1050. The van der Waals surface area contributed by atoms with Crippen LogP contribution in [-0.2, 0) is 4.74 Å². The lowest BCUT2D eigenvalue weighted by molar-refractivity contribution is -0.0371. The van der Waals surface area contributed by atoms with E-state index in [-0.39, 0.29) is 17.6 Å². The lowest BCUT2D eigenvalue weighted by Gasteiger charge is -2.22. The van der Waals surface area contributed by atoms with E-state index in [4.69, 9.17) is 10.5 Å². The topological polar surface area (TPSA) is 83.0 Å². The van der Waals surface area contributed by atoms with E-state index in [2.05, 4.69) is 26.0 Å². The van der Waals surface area contributed by atoms with Gasteiger partial charge < -0.3 is 10.5 Å². The minimum Gasteiger partial charge on any atom is -0.396 e. The van der Waals surface area contributed by atoms with Crippen molar-refractivity contribution >= 4 is 38.4 Å². The number of rotatable bonds is 3. The van der Waals surface area contributed by atoms with Crippen LogP contribution in [0.1, 0.15) is 41.5 Å². The summed E-state index contributed by atoms with van der Waals surface area (Å²) in [6.45, 7) is 0.574. The van der Waals surface area contributed by atoms with Crippen LogP contribution in [-0.4, -0.2) is 27.2 Å². The molecule has 27 heavy (non-hydrogen) atoms. The Morgan fingerprint density at radius 3 is 2.89 bits per heavy atom. The van der Waals surface area contributed by atoms with E-state index in [9.17, 15) is 13.6 Å². The molecule has 3 heterocycles. The van der Waals surface area contributed by atoms with Gasteiger partial charge in [-0.2, -0.15) is 5.10 Å². The number of carbonyl (C=O) groups excluding carboxylic acids is 1. The number of pyridine rings is 1. The van der Waals surface area contributed by atoms with E-state index in [0.717, 1.165) is 25.0 Å². The van der Waals surface area contributed by atoms with E-state index < -0.39 is 23.0 Å². The number of benzene rings is 1. The molecule has 0 bridgehead atoms. The molecule has 0 spiro atoms. The van der Waals surface area contributed by atoms with Gasteiger partial charge in [-0.1, -0.05) is 0 Å². The van der Waals surface area contributed by atoms with Crippen molar-refractivity contribution in [2.75, 3.05) is 12.3 Å². The second-order valence-corrected chi connectivity index (χ2v) is 7.21. The highest BCUT2D eigenvalue weighted by Gasteiger charge is 2.29. The number of hydrogen-bond acceptors (Lipinski definition) is 5. The van der Waals surface area contributed by atoms with E-state index in [1.165, 1.54) is 4.68 Å². The standard InChI is InChI=1S/C18H15BrF2N4O2/c19-9-7-10-16(17(26)14-11(20)4-5-12(22)15(14)21)24-25(18(10)23-8-9)13-3-1-2-6-27-13/h4-5,7-8,13H,1-3,6,22H2. The maximum Gasteiger partial charge on any atom is 0.219 e. The van der Waals surface area contributed by atoms with Crippen molar-refractivity contribution in [1.29, 1.82) is 0 Å². The highest BCUT2D eigenvalue weighted by molar-refractivity contribution is 9.10. The first-order valence-electron chi connectivity index (χ1n) is 8.41. The highest BCUT2D eigenvalue weighted by atomic mass is 79.9. The maximum atomic E-state index is 14.4. The first-order chi connectivity index (χ1) is 13.0. The number of halogens is 3. The summed E-state index contributed by atoms with van der Waals surface area (Å²) in [7, 11) is 0. The number of nitrogens with two attached hydrogens (primary N) is 1. The average Bonchev–Trinajstić information content (AvgIpc) is 3.04. The van der Waals surface area contributed by atoms with Gasteiger partial charge in [0.15, 0.2) is 17.7 Å². The molecule has 140 valence electrons. The molecule has 1 atom stereocenters.